The maximum atomic E-state index is 13.4. The lowest BCUT2D eigenvalue weighted by Crippen LogP contribution is -2.38. The number of halogens is 2. The van der Waals surface area contributed by atoms with Gasteiger partial charge in [0.25, 0.3) is 0 Å². The van der Waals surface area contributed by atoms with Crippen molar-refractivity contribution in [1.82, 2.24) is 5.32 Å². The van der Waals surface area contributed by atoms with E-state index < -0.39 is 11.6 Å². The fraction of sp³-hybridized carbons (Fsp3) is 0.538. The highest BCUT2D eigenvalue weighted by Gasteiger charge is 2.28. The Balaban J connectivity index is 2.04. The van der Waals surface area contributed by atoms with Crippen LogP contribution in [0.25, 0.3) is 0 Å². The fourth-order valence-corrected chi connectivity index (χ4v) is 2.30. The number of ether oxygens (including phenoxy) is 1. The largest absolute Gasteiger partial charge is 0.486 e. The average molecular weight is 241 g/mol. The van der Waals surface area contributed by atoms with Gasteiger partial charge in [0.05, 0.1) is 0 Å². The van der Waals surface area contributed by atoms with E-state index in [2.05, 4.69) is 5.32 Å². The summed E-state index contributed by atoms with van der Waals surface area (Å²) in [6.07, 6.45) is 3.01. The molecule has 0 aromatic heterocycles. The molecule has 2 nitrogen and oxygen atoms in total. The van der Waals surface area contributed by atoms with Crippen molar-refractivity contribution in [2.24, 2.45) is 0 Å². The van der Waals surface area contributed by atoms with Crippen LogP contribution in [0.3, 0.4) is 0 Å². The van der Waals surface area contributed by atoms with Gasteiger partial charge in [-0.1, -0.05) is 6.92 Å². The zero-order valence-corrected chi connectivity index (χ0v) is 9.88. The van der Waals surface area contributed by atoms with E-state index in [-0.39, 0.29) is 17.9 Å². The second-order valence-electron chi connectivity index (χ2n) is 4.33. The summed E-state index contributed by atoms with van der Waals surface area (Å²) in [4.78, 5) is 0. The first kappa shape index (κ1) is 12.3. The zero-order valence-electron chi connectivity index (χ0n) is 9.88. The van der Waals surface area contributed by atoms with E-state index in [1.165, 1.54) is 12.1 Å². The number of hydrogen-bond donors (Lipinski definition) is 1. The lowest BCUT2D eigenvalue weighted by Gasteiger charge is -2.22. The third-order valence-corrected chi connectivity index (χ3v) is 3.09. The highest BCUT2D eigenvalue weighted by molar-refractivity contribution is 5.25. The monoisotopic (exact) mass is 241 g/mol. The SMILES string of the molecule is CCNC1CCCC1Oc1ccc(F)cc1F. The van der Waals surface area contributed by atoms with Crippen molar-refractivity contribution in [3.05, 3.63) is 29.8 Å². The molecule has 1 fully saturated rings. The minimum atomic E-state index is -0.632. The average Bonchev–Trinajstić information content (AvgIpc) is 2.71. The molecule has 0 saturated heterocycles. The van der Waals surface area contributed by atoms with E-state index in [4.69, 9.17) is 4.74 Å². The second-order valence-corrected chi connectivity index (χ2v) is 4.33. The molecule has 0 spiro atoms. The number of nitrogens with one attached hydrogen (secondary N) is 1. The van der Waals surface area contributed by atoms with Gasteiger partial charge in [-0.3, -0.25) is 0 Å². The molecule has 4 heteroatoms. The summed E-state index contributed by atoms with van der Waals surface area (Å²) in [7, 11) is 0. The third kappa shape index (κ3) is 2.94. The van der Waals surface area contributed by atoms with Crippen LogP contribution in [-0.4, -0.2) is 18.7 Å². The Morgan fingerprint density at radius 1 is 1.35 bits per heavy atom. The molecule has 0 bridgehead atoms. The molecule has 1 aromatic carbocycles. The molecular weight excluding hydrogens is 224 g/mol. The van der Waals surface area contributed by atoms with Crippen LogP contribution < -0.4 is 10.1 Å². The predicted octanol–water partition coefficient (Wildman–Crippen LogP) is 2.87. The van der Waals surface area contributed by atoms with E-state index in [0.717, 1.165) is 31.9 Å². The van der Waals surface area contributed by atoms with Crippen LogP contribution >= 0.6 is 0 Å². The molecule has 2 atom stereocenters. The highest BCUT2D eigenvalue weighted by Crippen LogP contribution is 2.26. The van der Waals surface area contributed by atoms with Gasteiger partial charge < -0.3 is 10.1 Å². The molecule has 0 heterocycles. The Morgan fingerprint density at radius 2 is 2.18 bits per heavy atom. The van der Waals surface area contributed by atoms with Crippen molar-refractivity contribution in [3.8, 4) is 5.75 Å². The minimum Gasteiger partial charge on any atom is -0.486 e. The van der Waals surface area contributed by atoms with Gasteiger partial charge in [0.2, 0.25) is 0 Å². The smallest absolute Gasteiger partial charge is 0.167 e. The van der Waals surface area contributed by atoms with Gasteiger partial charge in [0, 0.05) is 12.1 Å². The van der Waals surface area contributed by atoms with Gasteiger partial charge in [-0.2, -0.15) is 0 Å². The fourth-order valence-electron chi connectivity index (χ4n) is 2.30. The molecular formula is C13H17F2NO. The molecule has 94 valence electrons. The normalized spacial score (nSPS) is 23.9. The van der Waals surface area contributed by atoms with Gasteiger partial charge in [0.1, 0.15) is 11.9 Å². The van der Waals surface area contributed by atoms with Crippen molar-refractivity contribution < 1.29 is 13.5 Å². The molecule has 0 amide bonds. The minimum absolute atomic E-state index is 0.0186. The van der Waals surface area contributed by atoms with Crippen LogP contribution in [0.5, 0.6) is 5.75 Å². The first-order valence-corrected chi connectivity index (χ1v) is 6.05. The summed E-state index contributed by atoms with van der Waals surface area (Å²) in [5, 5.41) is 3.32. The van der Waals surface area contributed by atoms with Crippen molar-refractivity contribution >= 4 is 0 Å². The van der Waals surface area contributed by atoms with E-state index in [1.807, 2.05) is 6.92 Å². The Kier molecular flexibility index (Phi) is 3.94. The Morgan fingerprint density at radius 3 is 2.88 bits per heavy atom. The molecule has 1 saturated carbocycles. The summed E-state index contributed by atoms with van der Waals surface area (Å²) in [5.41, 5.74) is 0. The van der Waals surface area contributed by atoms with Gasteiger partial charge >= 0.3 is 0 Å². The third-order valence-electron chi connectivity index (χ3n) is 3.09. The summed E-state index contributed by atoms with van der Waals surface area (Å²) in [5.74, 6) is -1.07. The lowest BCUT2D eigenvalue weighted by molar-refractivity contribution is 0.168. The van der Waals surface area contributed by atoms with Crippen LogP contribution in [0, 0.1) is 11.6 Å². The van der Waals surface area contributed by atoms with Gasteiger partial charge in [-0.15, -0.1) is 0 Å². The predicted molar refractivity (Wildman–Crippen MR) is 62.1 cm³/mol. The molecule has 1 aromatic rings. The maximum absolute atomic E-state index is 13.4. The Labute approximate surface area is 100.0 Å². The van der Waals surface area contributed by atoms with Crippen LogP contribution in [-0.2, 0) is 0 Å². The summed E-state index contributed by atoms with van der Waals surface area (Å²) < 4.78 is 31.8. The standard InChI is InChI=1S/C13H17F2NO/c1-2-16-11-4-3-5-13(11)17-12-7-6-9(14)8-10(12)15/h6-8,11,13,16H,2-5H2,1H3. The van der Waals surface area contributed by atoms with Crippen LogP contribution in [0.2, 0.25) is 0 Å². The van der Waals surface area contributed by atoms with E-state index in [9.17, 15) is 8.78 Å². The molecule has 1 N–H and O–H groups in total. The zero-order chi connectivity index (χ0) is 12.3. The summed E-state index contributed by atoms with van der Waals surface area (Å²) >= 11 is 0. The molecule has 1 aliphatic carbocycles. The Bertz CT molecular complexity index is 384. The number of hydrogen-bond acceptors (Lipinski definition) is 2. The van der Waals surface area contributed by atoms with Crippen molar-refractivity contribution in [2.75, 3.05) is 6.54 Å². The van der Waals surface area contributed by atoms with Gasteiger partial charge in [-0.25, -0.2) is 8.78 Å². The topological polar surface area (TPSA) is 21.3 Å². The quantitative estimate of drug-likeness (QED) is 0.875. The second kappa shape index (κ2) is 5.45. The molecule has 2 rings (SSSR count). The number of likely N-dealkylation sites (N-methyl/N-ethyl adjacent to an activating group) is 1. The van der Waals surface area contributed by atoms with E-state index >= 15 is 0 Å². The van der Waals surface area contributed by atoms with Crippen molar-refractivity contribution in [1.29, 1.82) is 0 Å². The number of benzene rings is 1. The van der Waals surface area contributed by atoms with Gasteiger partial charge in [0.15, 0.2) is 11.6 Å². The molecule has 2 unspecified atom stereocenters. The number of rotatable bonds is 4. The highest BCUT2D eigenvalue weighted by atomic mass is 19.1. The van der Waals surface area contributed by atoms with E-state index in [1.54, 1.807) is 0 Å². The van der Waals surface area contributed by atoms with Crippen molar-refractivity contribution in [2.45, 2.75) is 38.3 Å². The summed E-state index contributed by atoms with van der Waals surface area (Å²) in [6.45, 7) is 2.91. The molecule has 1 aliphatic rings. The lowest BCUT2D eigenvalue weighted by atomic mass is 10.2. The van der Waals surface area contributed by atoms with Crippen LogP contribution in [0.1, 0.15) is 26.2 Å². The van der Waals surface area contributed by atoms with E-state index in [0.29, 0.717) is 0 Å². The first-order chi connectivity index (χ1) is 8.20. The van der Waals surface area contributed by atoms with Crippen LogP contribution in [0.4, 0.5) is 8.78 Å². The molecule has 17 heavy (non-hydrogen) atoms. The van der Waals surface area contributed by atoms with Gasteiger partial charge in [-0.05, 0) is 37.9 Å². The summed E-state index contributed by atoms with van der Waals surface area (Å²) in [6, 6.07) is 3.69. The van der Waals surface area contributed by atoms with Crippen LogP contribution in [0.15, 0.2) is 18.2 Å². The van der Waals surface area contributed by atoms with Crippen molar-refractivity contribution in [3.63, 3.8) is 0 Å². The Hall–Kier alpha value is -1.16. The maximum Gasteiger partial charge on any atom is 0.167 e. The first-order valence-electron chi connectivity index (χ1n) is 6.05. The molecule has 0 aliphatic heterocycles. The molecule has 0 radical (unpaired) electrons.